The van der Waals surface area contributed by atoms with Crippen LogP contribution in [0.2, 0.25) is 0 Å². The molecule has 2 bridgehead atoms. The number of hydrogen-bond acceptors (Lipinski definition) is 4. The molecule has 26 heavy (non-hydrogen) atoms. The Bertz CT molecular complexity index is 494. The molecule has 148 valence electrons. The molecule has 2 saturated heterocycles. The van der Waals surface area contributed by atoms with Gasteiger partial charge in [-0.15, -0.1) is 0 Å². The molecule has 0 aromatic carbocycles. The van der Waals surface area contributed by atoms with E-state index < -0.39 is 5.97 Å². The van der Waals surface area contributed by atoms with Crippen LogP contribution in [0.3, 0.4) is 0 Å². The first-order valence-corrected chi connectivity index (χ1v) is 9.99. The van der Waals surface area contributed by atoms with Gasteiger partial charge in [-0.25, -0.2) is 0 Å². The van der Waals surface area contributed by atoms with Crippen molar-refractivity contribution in [3.05, 3.63) is 12.2 Å². The van der Waals surface area contributed by atoms with Gasteiger partial charge in [0.05, 0.1) is 18.8 Å². The summed E-state index contributed by atoms with van der Waals surface area (Å²) >= 11 is 0. The molecule has 2 fully saturated rings. The van der Waals surface area contributed by atoms with Gasteiger partial charge in [-0.1, -0.05) is 12.2 Å². The summed E-state index contributed by atoms with van der Waals surface area (Å²) in [7, 11) is 1.83. The van der Waals surface area contributed by atoms with Gasteiger partial charge >= 0.3 is 5.97 Å². The molecule has 0 saturated carbocycles. The van der Waals surface area contributed by atoms with Crippen molar-refractivity contribution in [2.45, 2.75) is 64.1 Å². The van der Waals surface area contributed by atoms with Gasteiger partial charge in [0.2, 0.25) is 5.91 Å². The largest absolute Gasteiger partial charge is 0.481 e. The van der Waals surface area contributed by atoms with Crippen LogP contribution in [0, 0.1) is 11.8 Å². The number of rotatable bonds is 12. The van der Waals surface area contributed by atoms with E-state index in [0.29, 0.717) is 37.0 Å². The molecule has 6 nitrogen and oxygen atoms in total. The van der Waals surface area contributed by atoms with Gasteiger partial charge in [0, 0.05) is 20.0 Å². The highest BCUT2D eigenvalue weighted by atomic mass is 16.5. The van der Waals surface area contributed by atoms with E-state index in [0.717, 1.165) is 45.2 Å². The van der Waals surface area contributed by atoms with Crippen molar-refractivity contribution in [1.29, 1.82) is 0 Å². The van der Waals surface area contributed by atoms with Crippen LogP contribution in [0.15, 0.2) is 12.2 Å². The Morgan fingerprint density at radius 2 is 1.96 bits per heavy atom. The van der Waals surface area contributed by atoms with E-state index in [9.17, 15) is 9.59 Å². The third-order valence-electron chi connectivity index (χ3n) is 5.76. The SMILES string of the molecule is CCN(C)C(=O)CNCC[C@H]1[C@@H](C/C=C\CCCC(=O)O)[C@H]2CC[C@@H]1O2. The lowest BCUT2D eigenvalue weighted by molar-refractivity contribution is -0.137. The number of amides is 1. The van der Waals surface area contributed by atoms with Crippen molar-refractivity contribution in [2.75, 3.05) is 26.7 Å². The number of nitrogens with one attached hydrogen (secondary N) is 1. The molecule has 1 amide bonds. The van der Waals surface area contributed by atoms with E-state index in [4.69, 9.17) is 9.84 Å². The molecule has 0 unspecified atom stereocenters. The van der Waals surface area contributed by atoms with Crippen LogP contribution in [0.4, 0.5) is 0 Å². The summed E-state index contributed by atoms with van der Waals surface area (Å²) in [6, 6.07) is 0. The number of ether oxygens (including phenoxy) is 1. The maximum atomic E-state index is 11.8. The second-order valence-corrected chi connectivity index (χ2v) is 7.48. The molecule has 4 atom stereocenters. The van der Waals surface area contributed by atoms with E-state index >= 15 is 0 Å². The fourth-order valence-corrected chi connectivity index (χ4v) is 4.11. The van der Waals surface area contributed by atoms with Gasteiger partial charge in [0.15, 0.2) is 0 Å². The number of nitrogens with zero attached hydrogens (tertiary/aromatic N) is 1. The highest BCUT2D eigenvalue weighted by Crippen LogP contribution is 2.46. The lowest BCUT2D eigenvalue weighted by Crippen LogP contribution is -2.37. The standard InChI is InChI=1S/C20H34N2O4/c1-3-22(2)19(23)14-21-13-12-16-15(17-10-11-18(16)26-17)8-6-4-5-7-9-20(24)25/h4,6,15-18,21H,3,5,7-14H2,1-2H3,(H,24,25)/b6-4-/t15-,16+,17-,18+/m1/s1. The van der Waals surface area contributed by atoms with E-state index in [2.05, 4.69) is 17.5 Å². The molecule has 2 aliphatic heterocycles. The minimum Gasteiger partial charge on any atom is -0.481 e. The Morgan fingerprint density at radius 1 is 1.23 bits per heavy atom. The Morgan fingerprint density at radius 3 is 2.65 bits per heavy atom. The molecule has 0 spiro atoms. The third kappa shape index (κ3) is 6.09. The van der Waals surface area contributed by atoms with Crippen LogP contribution in [-0.4, -0.2) is 60.8 Å². The predicted molar refractivity (Wildman–Crippen MR) is 101 cm³/mol. The summed E-state index contributed by atoms with van der Waals surface area (Å²) in [4.78, 5) is 24.1. The van der Waals surface area contributed by atoms with Crippen molar-refractivity contribution in [3.63, 3.8) is 0 Å². The Hall–Kier alpha value is -1.40. The molecular formula is C20H34N2O4. The monoisotopic (exact) mass is 366 g/mol. The number of aliphatic carboxylic acids is 1. The highest BCUT2D eigenvalue weighted by Gasteiger charge is 2.47. The summed E-state index contributed by atoms with van der Waals surface area (Å²) in [5, 5.41) is 11.9. The average molecular weight is 367 g/mol. The molecule has 0 aromatic heterocycles. The van der Waals surface area contributed by atoms with Crippen LogP contribution < -0.4 is 5.32 Å². The molecule has 2 N–H and O–H groups in total. The minimum atomic E-state index is -0.726. The lowest BCUT2D eigenvalue weighted by atomic mass is 9.76. The lowest BCUT2D eigenvalue weighted by Gasteiger charge is -2.27. The quantitative estimate of drug-likeness (QED) is 0.410. The van der Waals surface area contributed by atoms with Crippen LogP contribution in [0.25, 0.3) is 0 Å². The van der Waals surface area contributed by atoms with Crippen molar-refractivity contribution in [3.8, 4) is 0 Å². The smallest absolute Gasteiger partial charge is 0.303 e. The number of hydrogen-bond donors (Lipinski definition) is 2. The van der Waals surface area contributed by atoms with Crippen LogP contribution in [-0.2, 0) is 14.3 Å². The molecule has 2 aliphatic rings. The van der Waals surface area contributed by atoms with E-state index in [1.165, 1.54) is 0 Å². The first kappa shape index (κ1) is 20.9. The molecule has 0 aliphatic carbocycles. The van der Waals surface area contributed by atoms with Crippen molar-refractivity contribution < 1.29 is 19.4 Å². The van der Waals surface area contributed by atoms with E-state index in [1.54, 1.807) is 4.90 Å². The second kappa shape index (κ2) is 10.7. The third-order valence-corrected chi connectivity index (χ3v) is 5.76. The second-order valence-electron chi connectivity index (χ2n) is 7.48. The van der Waals surface area contributed by atoms with Crippen molar-refractivity contribution in [1.82, 2.24) is 10.2 Å². The molecule has 0 aromatic rings. The van der Waals surface area contributed by atoms with Gasteiger partial charge in [0.25, 0.3) is 0 Å². The van der Waals surface area contributed by atoms with Crippen LogP contribution in [0.1, 0.15) is 51.9 Å². The Balaban J connectivity index is 1.69. The Kier molecular flexibility index (Phi) is 8.59. The Labute approximate surface area is 157 Å². The summed E-state index contributed by atoms with van der Waals surface area (Å²) in [5.41, 5.74) is 0. The molecular weight excluding hydrogens is 332 g/mol. The minimum absolute atomic E-state index is 0.137. The molecule has 0 radical (unpaired) electrons. The van der Waals surface area contributed by atoms with Crippen LogP contribution >= 0.6 is 0 Å². The average Bonchev–Trinajstić information content (AvgIpc) is 3.22. The number of likely N-dealkylation sites (N-methyl/N-ethyl adjacent to an activating group) is 1. The normalized spacial score (nSPS) is 27.3. The maximum Gasteiger partial charge on any atom is 0.303 e. The zero-order chi connectivity index (χ0) is 18.9. The molecule has 6 heteroatoms. The number of carbonyl (C=O) groups excluding carboxylic acids is 1. The zero-order valence-corrected chi connectivity index (χ0v) is 16.2. The van der Waals surface area contributed by atoms with Gasteiger partial charge in [-0.05, 0) is 63.8 Å². The number of carbonyl (C=O) groups is 2. The summed E-state index contributed by atoms with van der Waals surface area (Å²) in [5.74, 6) is 0.526. The van der Waals surface area contributed by atoms with Gasteiger partial charge < -0.3 is 20.1 Å². The summed E-state index contributed by atoms with van der Waals surface area (Å²) < 4.78 is 6.13. The summed E-state index contributed by atoms with van der Waals surface area (Å²) in [6.45, 7) is 3.96. The first-order chi connectivity index (χ1) is 12.5. The first-order valence-electron chi connectivity index (χ1n) is 9.99. The number of unbranched alkanes of at least 4 members (excludes halogenated alkanes) is 1. The zero-order valence-electron chi connectivity index (χ0n) is 16.2. The van der Waals surface area contributed by atoms with E-state index in [-0.39, 0.29) is 12.3 Å². The van der Waals surface area contributed by atoms with Crippen molar-refractivity contribution >= 4 is 11.9 Å². The fraction of sp³-hybridized carbons (Fsp3) is 0.800. The number of carboxylic acids is 1. The van der Waals surface area contributed by atoms with E-state index in [1.807, 2.05) is 14.0 Å². The maximum absolute atomic E-state index is 11.8. The fourth-order valence-electron chi connectivity index (χ4n) is 4.11. The molecule has 2 rings (SSSR count). The number of fused-ring (bicyclic) bond motifs is 2. The summed E-state index contributed by atoms with van der Waals surface area (Å²) in [6.07, 6.45) is 11.2. The number of carboxylic acid groups (broad SMARTS) is 1. The predicted octanol–water partition coefficient (Wildman–Crippen LogP) is 2.44. The highest BCUT2D eigenvalue weighted by molar-refractivity contribution is 5.77. The number of allylic oxidation sites excluding steroid dienone is 2. The topological polar surface area (TPSA) is 78.9 Å². The van der Waals surface area contributed by atoms with Crippen molar-refractivity contribution in [2.24, 2.45) is 11.8 Å². The van der Waals surface area contributed by atoms with Crippen LogP contribution in [0.5, 0.6) is 0 Å². The molecule has 2 heterocycles. The van der Waals surface area contributed by atoms with Gasteiger partial charge in [-0.3, -0.25) is 9.59 Å². The van der Waals surface area contributed by atoms with Gasteiger partial charge in [0.1, 0.15) is 0 Å². The van der Waals surface area contributed by atoms with Gasteiger partial charge in [-0.2, -0.15) is 0 Å².